The van der Waals surface area contributed by atoms with Crippen molar-refractivity contribution in [2.45, 2.75) is 125 Å². The second kappa shape index (κ2) is 15.4. The molecule has 4 N–H and O–H groups in total. The summed E-state index contributed by atoms with van der Waals surface area (Å²) in [7, 11) is -2.10. The van der Waals surface area contributed by atoms with Gasteiger partial charge in [-0.25, -0.2) is 26.3 Å². The quantitative estimate of drug-likeness (QED) is 0.229. The van der Waals surface area contributed by atoms with Crippen LogP contribution in [0.3, 0.4) is 0 Å². The summed E-state index contributed by atoms with van der Waals surface area (Å²) in [6.45, 7) is 15.5. The van der Waals surface area contributed by atoms with Crippen LogP contribution in [0.25, 0.3) is 0 Å². The standard InChI is InChI=1S/C34H60F2N6O6S/c1-32(2,3)23(19-41(9)49(10,47)48)39-31(46)40-27(33(4,5)6)30(45)42-18-21-25(34(21,7)8)26(42)29(44)38-22(16-24(35)36)28(43)37-17-20-14-12-11-13-15-20/h20-27H,11-19H2,1-10H3,(H,37,43)(H,38,44)(H2,39,40,46)/t21-,22-,23+,25-,26-,27+/m0/s1. The molecular formula is C34H60F2N6O6S. The Hall–Kier alpha value is -2.55. The normalized spacial score (nSPS) is 24.5. The molecule has 0 spiro atoms. The highest BCUT2D eigenvalue weighted by Crippen LogP contribution is 2.65. The van der Waals surface area contributed by atoms with E-state index in [1.54, 1.807) is 20.8 Å². The van der Waals surface area contributed by atoms with Crippen molar-refractivity contribution in [3.05, 3.63) is 0 Å². The van der Waals surface area contributed by atoms with Crippen LogP contribution in [0.2, 0.25) is 0 Å². The Morgan fingerprint density at radius 1 is 0.939 bits per heavy atom. The van der Waals surface area contributed by atoms with Gasteiger partial charge in [0.25, 0.3) is 0 Å². The number of carbonyl (C=O) groups is 4. The number of rotatable bonds is 13. The first-order chi connectivity index (χ1) is 22.4. The molecule has 2 saturated carbocycles. The lowest BCUT2D eigenvalue weighted by atomic mass is 9.85. The van der Waals surface area contributed by atoms with Gasteiger partial charge in [-0.1, -0.05) is 74.7 Å². The van der Waals surface area contributed by atoms with E-state index in [0.29, 0.717) is 6.54 Å². The average molecular weight is 719 g/mol. The lowest BCUT2D eigenvalue weighted by molar-refractivity contribution is -0.144. The highest BCUT2D eigenvalue weighted by Gasteiger charge is 2.70. The maximum absolute atomic E-state index is 14.3. The molecule has 1 heterocycles. The molecule has 282 valence electrons. The Bertz CT molecular complexity index is 1320. The summed E-state index contributed by atoms with van der Waals surface area (Å²) in [6.07, 6.45) is 2.57. The molecule has 1 saturated heterocycles. The zero-order chi connectivity index (χ0) is 37.3. The molecule has 1 aliphatic heterocycles. The highest BCUT2D eigenvalue weighted by molar-refractivity contribution is 7.88. The van der Waals surface area contributed by atoms with Crippen LogP contribution >= 0.6 is 0 Å². The van der Waals surface area contributed by atoms with Crippen LogP contribution in [0.15, 0.2) is 0 Å². The molecule has 2 aliphatic carbocycles. The van der Waals surface area contributed by atoms with Gasteiger partial charge >= 0.3 is 6.03 Å². The number of hydrogen-bond acceptors (Lipinski definition) is 6. The smallest absolute Gasteiger partial charge is 0.315 e. The first-order valence-corrected chi connectivity index (χ1v) is 19.4. The van der Waals surface area contributed by atoms with Gasteiger partial charge in [-0.05, 0) is 46.8 Å². The molecule has 0 bridgehead atoms. The molecule has 3 fully saturated rings. The Balaban J connectivity index is 1.80. The molecule has 0 aromatic heterocycles. The Morgan fingerprint density at radius 2 is 1.53 bits per heavy atom. The Morgan fingerprint density at radius 3 is 2.04 bits per heavy atom. The van der Waals surface area contributed by atoms with E-state index in [4.69, 9.17) is 0 Å². The largest absolute Gasteiger partial charge is 0.354 e. The summed E-state index contributed by atoms with van der Waals surface area (Å²) in [5.41, 5.74) is -1.64. The first-order valence-electron chi connectivity index (χ1n) is 17.5. The van der Waals surface area contributed by atoms with Crippen LogP contribution in [0.1, 0.15) is 93.9 Å². The summed E-state index contributed by atoms with van der Waals surface area (Å²) >= 11 is 0. The molecule has 0 aromatic carbocycles. The Labute approximate surface area is 291 Å². The number of amides is 5. The fourth-order valence-corrected chi connectivity index (χ4v) is 7.73. The number of likely N-dealkylation sites (tertiary alicyclic amines) is 1. The van der Waals surface area contributed by atoms with Gasteiger partial charge in [0.1, 0.15) is 18.1 Å². The number of nitrogens with zero attached hydrogens (tertiary/aromatic N) is 2. The zero-order valence-corrected chi connectivity index (χ0v) is 31.8. The van der Waals surface area contributed by atoms with E-state index in [2.05, 4.69) is 21.3 Å². The van der Waals surface area contributed by atoms with Crippen LogP contribution in [0, 0.1) is 34.0 Å². The van der Waals surface area contributed by atoms with E-state index in [1.165, 1.54) is 11.9 Å². The number of alkyl halides is 2. The molecule has 12 nitrogen and oxygen atoms in total. The summed E-state index contributed by atoms with van der Waals surface area (Å²) in [4.78, 5) is 56.2. The number of likely N-dealkylation sites (N-methyl/N-ethyl adjacent to an activating group) is 1. The summed E-state index contributed by atoms with van der Waals surface area (Å²) in [5.74, 6) is -1.83. The second-order valence-corrected chi connectivity index (χ2v) is 19.3. The van der Waals surface area contributed by atoms with Crippen LogP contribution < -0.4 is 21.3 Å². The minimum atomic E-state index is -3.52. The molecule has 6 atom stereocenters. The van der Waals surface area contributed by atoms with Crippen LogP contribution in [0.5, 0.6) is 0 Å². The molecule has 49 heavy (non-hydrogen) atoms. The minimum Gasteiger partial charge on any atom is -0.354 e. The maximum Gasteiger partial charge on any atom is 0.315 e. The number of nitrogens with one attached hydrogen (secondary N) is 4. The fourth-order valence-electron chi connectivity index (χ4n) is 7.31. The number of halogens is 2. The summed E-state index contributed by atoms with van der Waals surface area (Å²) in [5, 5.41) is 11.0. The second-order valence-electron chi connectivity index (χ2n) is 17.2. The number of carbonyl (C=O) groups excluding carboxylic acids is 4. The van der Waals surface area contributed by atoms with Gasteiger partial charge < -0.3 is 26.2 Å². The lowest BCUT2D eigenvalue weighted by Gasteiger charge is -2.39. The molecule has 3 rings (SSSR count). The predicted molar refractivity (Wildman–Crippen MR) is 184 cm³/mol. The van der Waals surface area contributed by atoms with E-state index < -0.39 is 81.6 Å². The van der Waals surface area contributed by atoms with Crippen LogP contribution in [-0.4, -0.2) is 105 Å². The van der Waals surface area contributed by atoms with Crippen molar-refractivity contribution in [2.75, 3.05) is 32.9 Å². The van der Waals surface area contributed by atoms with Gasteiger partial charge in [0.05, 0.1) is 6.26 Å². The van der Waals surface area contributed by atoms with Crippen LogP contribution in [0.4, 0.5) is 13.6 Å². The van der Waals surface area contributed by atoms with Crippen molar-refractivity contribution in [1.29, 1.82) is 0 Å². The van der Waals surface area contributed by atoms with Gasteiger partial charge in [0.15, 0.2) is 0 Å². The molecule has 0 radical (unpaired) electrons. The van der Waals surface area contributed by atoms with Gasteiger partial charge in [0, 0.05) is 39.1 Å². The number of fused-ring (bicyclic) bond motifs is 1. The van der Waals surface area contributed by atoms with E-state index in [9.17, 15) is 36.4 Å². The number of urea groups is 1. The van der Waals surface area contributed by atoms with Gasteiger partial charge in [-0.3, -0.25) is 14.4 Å². The molecule has 0 aromatic rings. The number of hydrogen-bond donors (Lipinski definition) is 4. The maximum atomic E-state index is 14.3. The number of piperidine rings is 1. The van der Waals surface area contributed by atoms with E-state index >= 15 is 0 Å². The van der Waals surface area contributed by atoms with Crippen molar-refractivity contribution in [1.82, 2.24) is 30.5 Å². The van der Waals surface area contributed by atoms with Gasteiger partial charge in [-0.2, -0.15) is 0 Å². The van der Waals surface area contributed by atoms with Gasteiger partial charge in [-0.15, -0.1) is 0 Å². The van der Waals surface area contributed by atoms with Crippen molar-refractivity contribution in [3.8, 4) is 0 Å². The minimum absolute atomic E-state index is 0.00468. The van der Waals surface area contributed by atoms with Crippen molar-refractivity contribution in [2.24, 2.45) is 34.0 Å². The molecule has 0 unspecified atom stereocenters. The zero-order valence-electron chi connectivity index (χ0n) is 31.0. The lowest BCUT2D eigenvalue weighted by Crippen LogP contribution is -2.62. The van der Waals surface area contributed by atoms with Crippen molar-refractivity contribution >= 4 is 33.8 Å². The molecular weight excluding hydrogens is 658 g/mol. The van der Waals surface area contributed by atoms with E-state index in [0.717, 1.165) is 42.7 Å². The number of sulfonamides is 1. The molecule has 15 heteroatoms. The van der Waals surface area contributed by atoms with Crippen molar-refractivity contribution < 1.29 is 36.4 Å². The third-order valence-electron chi connectivity index (χ3n) is 10.8. The first kappa shape index (κ1) is 40.9. The van der Waals surface area contributed by atoms with E-state index in [-0.39, 0.29) is 36.3 Å². The monoisotopic (exact) mass is 718 g/mol. The molecule has 5 amide bonds. The molecule has 3 aliphatic rings. The van der Waals surface area contributed by atoms with Crippen molar-refractivity contribution in [3.63, 3.8) is 0 Å². The highest BCUT2D eigenvalue weighted by atomic mass is 32.2. The topological polar surface area (TPSA) is 157 Å². The third-order valence-corrected chi connectivity index (χ3v) is 12.1. The third kappa shape index (κ3) is 10.5. The predicted octanol–water partition coefficient (Wildman–Crippen LogP) is 3.33. The summed E-state index contributed by atoms with van der Waals surface area (Å²) in [6, 6.07) is -4.85. The van der Waals surface area contributed by atoms with Gasteiger partial charge in [0.2, 0.25) is 34.2 Å². The van der Waals surface area contributed by atoms with Crippen LogP contribution in [-0.2, 0) is 24.4 Å². The SMILES string of the molecule is CN(C[C@@H](NC(=O)N[C@H](C(=O)N1C[C@H]2[C@@H]([C@H]1C(=O)N[C@@H](CC(F)F)C(=O)NCC1CCCCC1)C2(C)C)C(C)(C)C)C(C)(C)C)S(C)(=O)=O. The fraction of sp³-hybridized carbons (Fsp3) is 0.882. The Kier molecular flexibility index (Phi) is 12.8. The summed E-state index contributed by atoms with van der Waals surface area (Å²) < 4.78 is 52.7. The average Bonchev–Trinajstić information content (AvgIpc) is 3.28. The van der Waals surface area contributed by atoms with E-state index in [1.807, 2.05) is 34.6 Å².